The van der Waals surface area contributed by atoms with Gasteiger partial charge in [0.15, 0.2) is 12.4 Å². The molecule has 0 bridgehead atoms. The Labute approximate surface area is 172 Å². The van der Waals surface area contributed by atoms with Crippen LogP contribution in [0.3, 0.4) is 0 Å². The molecule has 0 saturated carbocycles. The van der Waals surface area contributed by atoms with Gasteiger partial charge in [0.25, 0.3) is 5.91 Å². The molecule has 1 amide bonds. The van der Waals surface area contributed by atoms with E-state index in [0.29, 0.717) is 17.0 Å². The molecule has 148 valence electrons. The minimum absolute atomic E-state index is 0.0374. The van der Waals surface area contributed by atoms with Gasteiger partial charge < -0.3 is 14.8 Å². The fourth-order valence-electron chi connectivity index (χ4n) is 2.54. The molecule has 0 heterocycles. The summed E-state index contributed by atoms with van der Waals surface area (Å²) in [5.41, 5.74) is 3.07. The van der Waals surface area contributed by atoms with Crippen LogP contribution in [-0.4, -0.2) is 31.4 Å². The third-order valence-corrected chi connectivity index (χ3v) is 4.75. The molecule has 2 rings (SSSR count). The molecule has 6 nitrogen and oxygen atoms in total. The Hall–Kier alpha value is -2.67. The zero-order valence-corrected chi connectivity index (χ0v) is 17.6. The second-order valence-corrected chi connectivity index (χ2v) is 7.14. The van der Waals surface area contributed by atoms with Crippen molar-refractivity contribution in [3.05, 3.63) is 57.6 Å². The van der Waals surface area contributed by atoms with Gasteiger partial charge in [-0.1, -0.05) is 28.1 Å². The van der Waals surface area contributed by atoms with Crippen LogP contribution >= 0.6 is 15.9 Å². The average molecular weight is 448 g/mol. The van der Waals surface area contributed by atoms with Crippen molar-refractivity contribution in [1.82, 2.24) is 0 Å². The first-order chi connectivity index (χ1) is 13.3. The maximum absolute atomic E-state index is 12.3. The minimum atomic E-state index is -0.613. The monoisotopic (exact) mass is 447 g/mol. The highest BCUT2D eigenvalue weighted by Crippen LogP contribution is 2.24. The Morgan fingerprint density at radius 2 is 1.82 bits per heavy atom. The highest BCUT2D eigenvalue weighted by molar-refractivity contribution is 9.10. The number of aryl methyl sites for hydroxylation is 1. The van der Waals surface area contributed by atoms with Crippen molar-refractivity contribution >= 4 is 39.3 Å². The van der Waals surface area contributed by atoms with Gasteiger partial charge in [0.1, 0.15) is 5.75 Å². The van der Waals surface area contributed by atoms with E-state index < -0.39 is 18.5 Å². The van der Waals surface area contributed by atoms with E-state index in [2.05, 4.69) is 21.2 Å². The summed E-state index contributed by atoms with van der Waals surface area (Å²) in [6, 6.07) is 10.6. The molecule has 1 N–H and O–H groups in total. The Morgan fingerprint density at radius 3 is 2.54 bits per heavy atom. The number of carbonyl (C=O) groups is 3. The van der Waals surface area contributed by atoms with Crippen molar-refractivity contribution in [3.63, 3.8) is 0 Å². The first-order valence-electron chi connectivity index (χ1n) is 8.70. The fourth-order valence-corrected chi connectivity index (χ4v) is 2.90. The van der Waals surface area contributed by atoms with Gasteiger partial charge in [0.05, 0.1) is 19.1 Å². The van der Waals surface area contributed by atoms with Crippen LogP contribution in [0.4, 0.5) is 5.69 Å². The van der Waals surface area contributed by atoms with Crippen molar-refractivity contribution in [3.8, 4) is 5.75 Å². The van der Waals surface area contributed by atoms with Gasteiger partial charge in [-0.05, 0) is 49.2 Å². The molecule has 2 aromatic rings. The van der Waals surface area contributed by atoms with E-state index in [9.17, 15) is 14.4 Å². The summed E-state index contributed by atoms with van der Waals surface area (Å²) in [6.07, 6.45) is -0.157. The van der Waals surface area contributed by atoms with E-state index in [1.165, 1.54) is 7.11 Å². The zero-order chi connectivity index (χ0) is 20.7. The topological polar surface area (TPSA) is 81.7 Å². The fraction of sp³-hybridized carbons (Fsp3) is 0.286. The zero-order valence-electron chi connectivity index (χ0n) is 16.0. The highest BCUT2D eigenvalue weighted by atomic mass is 79.9. The number of methoxy groups -OCH3 is 1. The van der Waals surface area contributed by atoms with Crippen LogP contribution in [0.25, 0.3) is 0 Å². The molecular weight excluding hydrogens is 426 g/mol. The van der Waals surface area contributed by atoms with Crippen LogP contribution < -0.4 is 10.1 Å². The Morgan fingerprint density at radius 1 is 1.07 bits per heavy atom. The molecule has 7 heteroatoms. The molecule has 0 atom stereocenters. The number of Topliss-reactive ketones (excluding diaryl/α,β-unsaturated/α-hetero) is 1. The van der Waals surface area contributed by atoms with Crippen molar-refractivity contribution in [2.24, 2.45) is 0 Å². The van der Waals surface area contributed by atoms with Gasteiger partial charge in [0, 0.05) is 16.6 Å². The summed E-state index contributed by atoms with van der Waals surface area (Å²) < 4.78 is 10.9. The van der Waals surface area contributed by atoms with E-state index >= 15 is 0 Å². The third-order valence-electron chi connectivity index (χ3n) is 4.26. The van der Waals surface area contributed by atoms with E-state index in [1.54, 1.807) is 24.3 Å². The lowest BCUT2D eigenvalue weighted by Gasteiger charge is -2.11. The lowest BCUT2D eigenvalue weighted by Crippen LogP contribution is -2.21. The van der Waals surface area contributed by atoms with Crippen LogP contribution in [-0.2, 0) is 14.3 Å². The van der Waals surface area contributed by atoms with Crippen LogP contribution in [0.5, 0.6) is 5.75 Å². The van der Waals surface area contributed by atoms with Crippen LogP contribution in [0.1, 0.15) is 34.3 Å². The number of hydrogen-bond donors (Lipinski definition) is 1. The summed E-state index contributed by atoms with van der Waals surface area (Å²) in [6.45, 7) is 3.45. The van der Waals surface area contributed by atoms with Crippen molar-refractivity contribution in [2.45, 2.75) is 26.7 Å². The normalized spacial score (nSPS) is 10.3. The van der Waals surface area contributed by atoms with Gasteiger partial charge >= 0.3 is 5.97 Å². The molecule has 0 unspecified atom stereocenters. The number of ether oxygens (including phenoxy) is 2. The van der Waals surface area contributed by atoms with E-state index in [1.807, 2.05) is 26.0 Å². The molecular formula is C21H22BrNO5. The average Bonchev–Trinajstić information content (AvgIpc) is 2.68. The number of ketones is 1. The number of benzene rings is 2. The van der Waals surface area contributed by atoms with Gasteiger partial charge in [0.2, 0.25) is 0 Å². The predicted octanol–water partition coefficient (Wildman–Crippen LogP) is 4.22. The van der Waals surface area contributed by atoms with Gasteiger partial charge in [-0.25, -0.2) is 0 Å². The van der Waals surface area contributed by atoms with Gasteiger partial charge in [-0.15, -0.1) is 0 Å². The number of rotatable bonds is 8. The third kappa shape index (κ3) is 5.92. The first-order valence-corrected chi connectivity index (χ1v) is 9.49. The van der Waals surface area contributed by atoms with Crippen LogP contribution in [0.15, 0.2) is 40.9 Å². The lowest BCUT2D eigenvalue weighted by atomic mass is 10.1. The van der Waals surface area contributed by atoms with Crippen molar-refractivity contribution in [1.29, 1.82) is 0 Å². The Balaban J connectivity index is 1.83. The molecule has 28 heavy (non-hydrogen) atoms. The second-order valence-electron chi connectivity index (χ2n) is 6.22. The molecule has 0 radical (unpaired) electrons. The summed E-state index contributed by atoms with van der Waals surface area (Å²) in [5, 5.41) is 2.71. The Bertz CT molecular complexity index is 894. The smallest absolute Gasteiger partial charge is 0.306 e. The van der Waals surface area contributed by atoms with E-state index in [0.717, 1.165) is 15.6 Å². The SMILES string of the molecule is COc1ccc(Br)cc1C(=O)CCC(=O)OCC(=O)Nc1cccc(C)c1C. The number of amides is 1. The summed E-state index contributed by atoms with van der Waals surface area (Å²) in [7, 11) is 1.48. The molecule has 0 fully saturated rings. The van der Waals surface area contributed by atoms with Crippen LogP contribution in [0, 0.1) is 13.8 Å². The predicted molar refractivity (Wildman–Crippen MR) is 110 cm³/mol. The summed E-state index contributed by atoms with van der Waals surface area (Å²) in [4.78, 5) is 36.2. The quantitative estimate of drug-likeness (QED) is 0.483. The summed E-state index contributed by atoms with van der Waals surface area (Å²) in [5.74, 6) is -0.843. The number of esters is 1. The largest absolute Gasteiger partial charge is 0.496 e. The van der Waals surface area contributed by atoms with Gasteiger partial charge in [-0.2, -0.15) is 0 Å². The molecule has 0 aliphatic rings. The van der Waals surface area contributed by atoms with Crippen molar-refractivity contribution in [2.75, 3.05) is 19.0 Å². The molecule has 0 aliphatic carbocycles. The van der Waals surface area contributed by atoms with Crippen LogP contribution in [0.2, 0.25) is 0 Å². The standard InChI is InChI=1S/C21H22BrNO5/c1-13-5-4-6-17(14(13)2)23-20(25)12-28-21(26)10-8-18(24)16-11-15(22)7-9-19(16)27-3/h4-7,9,11H,8,10,12H2,1-3H3,(H,23,25). The minimum Gasteiger partial charge on any atom is -0.496 e. The highest BCUT2D eigenvalue weighted by Gasteiger charge is 2.16. The van der Waals surface area contributed by atoms with E-state index in [-0.39, 0.29) is 18.6 Å². The number of nitrogens with one attached hydrogen (secondary N) is 1. The molecule has 0 aromatic heterocycles. The maximum Gasteiger partial charge on any atom is 0.306 e. The van der Waals surface area contributed by atoms with Gasteiger partial charge in [-0.3, -0.25) is 14.4 Å². The second kappa shape index (κ2) is 10.0. The molecule has 0 aliphatic heterocycles. The Kier molecular flexibility index (Phi) is 7.75. The van der Waals surface area contributed by atoms with E-state index in [4.69, 9.17) is 9.47 Å². The number of halogens is 1. The summed E-state index contributed by atoms with van der Waals surface area (Å²) >= 11 is 3.31. The number of hydrogen-bond acceptors (Lipinski definition) is 5. The number of anilines is 1. The maximum atomic E-state index is 12.3. The molecule has 0 saturated heterocycles. The van der Waals surface area contributed by atoms with Crippen molar-refractivity contribution < 1.29 is 23.9 Å². The molecule has 2 aromatic carbocycles. The first kappa shape index (κ1) is 21.6. The number of carbonyl (C=O) groups excluding carboxylic acids is 3. The lowest BCUT2D eigenvalue weighted by molar-refractivity contribution is -0.147. The molecule has 0 spiro atoms.